The molecule has 4 aromatic rings. The zero-order valence-electron chi connectivity index (χ0n) is 18.3. The van der Waals surface area contributed by atoms with Gasteiger partial charge in [-0.2, -0.15) is 23.4 Å². The van der Waals surface area contributed by atoms with Crippen molar-refractivity contribution in [3.8, 4) is 5.82 Å². The number of anilines is 2. The summed E-state index contributed by atoms with van der Waals surface area (Å²) in [7, 11) is 1.51. The van der Waals surface area contributed by atoms with E-state index in [2.05, 4.69) is 35.8 Å². The van der Waals surface area contributed by atoms with Gasteiger partial charge in [0.25, 0.3) is 0 Å². The molecular weight excluding hydrogens is 453 g/mol. The molecule has 4 heterocycles. The molecule has 0 bridgehead atoms. The molecule has 0 unspecified atom stereocenters. The highest BCUT2D eigenvalue weighted by atomic mass is 19.4. The van der Waals surface area contributed by atoms with Crippen LogP contribution in [0.15, 0.2) is 43.0 Å². The second kappa shape index (κ2) is 9.02. The number of ether oxygens (including phenoxy) is 1. The number of hydrogen-bond acceptors (Lipinski definition) is 7. The highest BCUT2D eigenvalue weighted by Crippen LogP contribution is 2.34. The van der Waals surface area contributed by atoms with Crippen LogP contribution in [0.25, 0.3) is 16.9 Å². The standard InChI is InChI=1S/C21H19F3N8O2/c1-11-4-5-15-18(29-11)17(12(2)34-3)16(10-25-15)31-20(33)30-13-8-14(21(22,23)24)19(26-9-13)32-27-6-7-28-32/h4-10,12H,1-3H3,(H2,30,31,33)/t12-/m1/s1. The highest BCUT2D eigenvalue weighted by molar-refractivity contribution is 6.01. The Hall–Kier alpha value is -4.13. The van der Waals surface area contributed by atoms with Gasteiger partial charge in [-0.25, -0.2) is 9.78 Å². The monoisotopic (exact) mass is 472 g/mol. The predicted molar refractivity (Wildman–Crippen MR) is 116 cm³/mol. The van der Waals surface area contributed by atoms with Crippen LogP contribution in [0.3, 0.4) is 0 Å². The van der Waals surface area contributed by atoms with Gasteiger partial charge in [0.2, 0.25) is 0 Å². The Kier molecular flexibility index (Phi) is 6.11. The smallest absolute Gasteiger partial charge is 0.377 e. The number of rotatable bonds is 5. The van der Waals surface area contributed by atoms with Crippen LogP contribution in [0.4, 0.5) is 29.3 Å². The largest absolute Gasteiger partial charge is 0.420 e. The van der Waals surface area contributed by atoms with Crippen molar-refractivity contribution < 1.29 is 22.7 Å². The van der Waals surface area contributed by atoms with Gasteiger partial charge in [-0.15, -0.1) is 4.80 Å². The third kappa shape index (κ3) is 4.64. The number of carbonyl (C=O) groups is 1. The van der Waals surface area contributed by atoms with Crippen LogP contribution in [0.1, 0.15) is 29.8 Å². The summed E-state index contributed by atoms with van der Waals surface area (Å²) in [5.41, 5.74) is 1.51. The number of nitrogens with one attached hydrogen (secondary N) is 2. The highest BCUT2D eigenvalue weighted by Gasteiger charge is 2.36. The van der Waals surface area contributed by atoms with E-state index in [9.17, 15) is 18.0 Å². The molecular formula is C21H19F3N8O2. The second-order valence-corrected chi connectivity index (χ2v) is 7.27. The lowest BCUT2D eigenvalue weighted by atomic mass is 10.1. The average molecular weight is 472 g/mol. The summed E-state index contributed by atoms with van der Waals surface area (Å²) in [4.78, 5) is 26.0. The fourth-order valence-corrected chi connectivity index (χ4v) is 3.32. The molecule has 2 amide bonds. The number of urea groups is 1. The predicted octanol–water partition coefficient (Wildman–Crippen LogP) is 4.28. The van der Waals surface area contributed by atoms with Gasteiger partial charge in [-0.3, -0.25) is 9.97 Å². The lowest BCUT2D eigenvalue weighted by Gasteiger charge is -2.18. The van der Waals surface area contributed by atoms with Gasteiger partial charge < -0.3 is 15.4 Å². The summed E-state index contributed by atoms with van der Waals surface area (Å²) < 4.78 is 46.2. The Bertz CT molecular complexity index is 1340. The van der Waals surface area contributed by atoms with E-state index in [1.807, 2.05) is 13.0 Å². The minimum Gasteiger partial charge on any atom is -0.377 e. The third-order valence-corrected chi connectivity index (χ3v) is 4.94. The molecule has 10 nitrogen and oxygen atoms in total. The Morgan fingerprint density at radius 2 is 1.85 bits per heavy atom. The average Bonchev–Trinajstić information content (AvgIpc) is 3.32. The fraction of sp³-hybridized carbons (Fsp3) is 0.238. The molecule has 0 aromatic carbocycles. The number of aromatic nitrogens is 6. The fourth-order valence-electron chi connectivity index (χ4n) is 3.32. The van der Waals surface area contributed by atoms with Crippen molar-refractivity contribution >= 4 is 28.4 Å². The van der Waals surface area contributed by atoms with Gasteiger partial charge in [0.05, 0.1) is 53.3 Å². The molecule has 1 atom stereocenters. The van der Waals surface area contributed by atoms with Crippen LogP contribution in [0.5, 0.6) is 0 Å². The molecule has 0 radical (unpaired) electrons. The summed E-state index contributed by atoms with van der Waals surface area (Å²) in [5, 5.41) is 12.4. The lowest BCUT2D eigenvalue weighted by Crippen LogP contribution is -2.22. The number of methoxy groups -OCH3 is 1. The minimum atomic E-state index is -4.75. The van der Waals surface area contributed by atoms with Crippen LogP contribution in [-0.4, -0.2) is 43.1 Å². The van der Waals surface area contributed by atoms with E-state index < -0.39 is 29.7 Å². The summed E-state index contributed by atoms with van der Waals surface area (Å²) >= 11 is 0. The first-order valence-electron chi connectivity index (χ1n) is 9.98. The summed E-state index contributed by atoms with van der Waals surface area (Å²) in [6, 6.07) is 3.57. The molecule has 0 aliphatic heterocycles. The van der Waals surface area contributed by atoms with Crippen molar-refractivity contribution in [2.24, 2.45) is 0 Å². The zero-order chi connectivity index (χ0) is 24.5. The van der Waals surface area contributed by atoms with Crippen LogP contribution >= 0.6 is 0 Å². The van der Waals surface area contributed by atoms with Crippen LogP contribution < -0.4 is 10.6 Å². The molecule has 0 aliphatic carbocycles. The number of halogens is 3. The molecule has 0 aliphatic rings. The van der Waals surface area contributed by atoms with Crippen molar-refractivity contribution in [3.63, 3.8) is 0 Å². The Morgan fingerprint density at radius 1 is 1.12 bits per heavy atom. The number of hydrogen-bond donors (Lipinski definition) is 2. The quantitative estimate of drug-likeness (QED) is 0.445. The molecule has 0 spiro atoms. The number of aryl methyl sites for hydroxylation is 1. The number of fused-ring (bicyclic) bond motifs is 1. The zero-order valence-corrected chi connectivity index (χ0v) is 18.3. The first-order valence-corrected chi connectivity index (χ1v) is 9.98. The first-order chi connectivity index (χ1) is 16.2. The number of carbonyl (C=O) groups excluding carboxylic acids is 1. The van der Waals surface area contributed by atoms with E-state index in [1.54, 1.807) is 13.0 Å². The van der Waals surface area contributed by atoms with E-state index >= 15 is 0 Å². The van der Waals surface area contributed by atoms with Gasteiger partial charge in [-0.05, 0) is 32.0 Å². The third-order valence-electron chi connectivity index (χ3n) is 4.94. The Labute approximate surface area is 191 Å². The topological polar surface area (TPSA) is 120 Å². The lowest BCUT2D eigenvalue weighted by molar-refractivity contribution is -0.137. The van der Waals surface area contributed by atoms with Gasteiger partial charge in [-0.1, -0.05) is 0 Å². The molecule has 4 aromatic heterocycles. The van der Waals surface area contributed by atoms with Gasteiger partial charge >= 0.3 is 12.2 Å². The van der Waals surface area contributed by atoms with Crippen molar-refractivity contribution in [2.75, 3.05) is 17.7 Å². The maximum Gasteiger partial charge on any atom is 0.420 e. The maximum atomic E-state index is 13.6. The van der Waals surface area contributed by atoms with Crippen LogP contribution in [0.2, 0.25) is 0 Å². The Morgan fingerprint density at radius 3 is 2.53 bits per heavy atom. The number of nitrogens with zero attached hydrogens (tertiary/aromatic N) is 6. The van der Waals surface area contributed by atoms with E-state index in [0.717, 1.165) is 22.8 Å². The molecule has 4 rings (SSSR count). The molecule has 0 saturated heterocycles. The number of alkyl halides is 3. The molecule has 34 heavy (non-hydrogen) atoms. The van der Waals surface area contributed by atoms with Crippen LogP contribution in [-0.2, 0) is 10.9 Å². The van der Waals surface area contributed by atoms with Crippen molar-refractivity contribution in [3.05, 3.63) is 59.8 Å². The SMILES string of the molecule is CO[C@H](C)c1c(NC(=O)Nc2cnc(-n3nccn3)c(C(F)(F)F)c2)cnc2ccc(C)nc12. The van der Waals surface area contributed by atoms with Crippen molar-refractivity contribution in [1.29, 1.82) is 0 Å². The normalized spacial score (nSPS) is 12.5. The maximum absolute atomic E-state index is 13.6. The van der Waals surface area contributed by atoms with Crippen molar-refractivity contribution in [2.45, 2.75) is 26.1 Å². The van der Waals surface area contributed by atoms with E-state index in [0.29, 0.717) is 22.3 Å². The van der Waals surface area contributed by atoms with E-state index in [4.69, 9.17) is 4.74 Å². The summed E-state index contributed by atoms with van der Waals surface area (Å²) in [5.74, 6) is -0.514. The summed E-state index contributed by atoms with van der Waals surface area (Å²) in [6.07, 6.45) is -0.223. The van der Waals surface area contributed by atoms with Gasteiger partial charge in [0, 0.05) is 18.4 Å². The second-order valence-electron chi connectivity index (χ2n) is 7.27. The van der Waals surface area contributed by atoms with Gasteiger partial charge in [0.15, 0.2) is 5.82 Å². The number of pyridine rings is 3. The Balaban J connectivity index is 1.64. The van der Waals surface area contributed by atoms with Crippen molar-refractivity contribution in [1.82, 2.24) is 29.9 Å². The minimum absolute atomic E-state index is 0.176. The van der Waals surface area contributed by atoms with E-state index in [1.165, 1.54) is 25.7 Å². The first kappa shape index (κ1) is 23.0. The summed E-state index contributed by atoms with van der Waals surface area (Å²) in [6.45, 7) is 3.60. The molecule has 176 valence electrons. The molecule has 0 fully saturated rings. The van der Waals surface area contributed by atoms with Crippen LogP contribution in [0, 0.1) is 6.92 Å². The van der Waals surface area contributed by atoms with Gasteiger partial charge in [0.1, 0.15) is 5.56 Å². The molecule has 0 saturated carbocycles. The molecule has 2 N–H and O–H groups in total. The number of amides is 2. The molecule has 13 heteroatoms. The van der Waals surface area contributed by atoms with E-state index in [-0.39, 0.29) is 5.69 Å².